The summed E-state index contributed by atoms with van der Waals surface area (Å²) in [5.41, 5.74) is 1.01. The molecule has 0 spiro atoms. The molecule has 0 aliphatic rings. The van der Waals surface area contributed by atoms with Crippen LogP contribution in [0.1, 0.15) is 25.3 Å². The number of hydrogen-bond donors (Lipinski definition) is 1. The number of rotatable bonds is 6. The lowest BCUT2D eigenvalue weighted by atomic mass is 10.1. The highest BCUT2D eigenvalue weighted by atomic mass is 19.3. The Morgan fingerprint density at radius 3 is 2.41 bits per heavy atom. The highest BCUT2D eigenvalue weighted by molar-refractivity contribution is 5.73. The number of carboxylic acid groups (broad SMARTS) is 1. The lowest BCUT2D eigenvalue weighted by molar-refractivity contribution is -0.210. The Kier molecular flexibility index (Phi) is 4.43. The van der Waals surface area contributed by atoms with Crippen molar-refractivity contribution in [3.05, 3.63) is 29.8 Å². The largest absolute Gasteiger partial charge is 0.501 e. The van der Waals surface area contributed by atoms with Gasteiger partial charge in [0.2, 0.25) is 0 Å². The van der Waals surface area contributed by atoms with E-state index in [4.69, 9.17) is 5.11 Å². The predicted octanol–water partition coefficient (Wildman–Crippen LogP) is 3.09. The summed E-state index contributed by atoms with van der Waals surface area (Å²) in [6.45, 7) is 2.06. The lowest BCUT2D eigenvalue weighted by Gasteiger charge is -2.13. The number of ether oxygens (including phenoxy) is 1. The molecule has 5 heteroatoms. The topological polar surface area (TPSA) is 46.5 Å². The van der Waals surface area contributed by atoms with E-state index < -0.39 is 12.1 Å². The first kappa shape index (κ1) is 13.4. The first-order valence-corrected chi connectivity index (χ1v) is 5.35. The van der Waals surface area contributed by atoms with E-state index in [1.54, 1.807) is 12.1 Å². The molecule has 1 aromatic carbocycles. The highest BCUT2D eigenvalue weighted by Gasteiger charge is 2.42. The number of carbonyl (C=O) groups is 1. The normalized spacial score (nSPS) is 11.2. The number of carboxylic acids is 1. The van der Waals surface area contributed by atoms with Gasteiger partial charge >= 0.3 is 12.1 Å². The van der Waals surface area contributed by atoms with Crippen LogP contribution in [0.5, 0.6) is 5.75 Å². The van der Waals surface area contributed by atoms with Gasteiger partial charge in [-0.3, -0.25) is 0 Å². The third-order valence-corrected chi connectivity index (χ3v) is 2.24. The summed E-state index contributed by atoms with van der Waals surface area (Å²) in [5.74, 6) is -2.45. The Morgan fingerprint density at radius 2 is 1.94 bits per heavy atom. The second-order valence-electron chi connectivity index (χ2n) is 3.67. The zero-order valence-corrected chi connectivity index (χ0v) is 9.45. The van der Waals surface area contributed by atoms with Gasteiger partial charge in [-0.1, -0.05) is 25.5 Å². The summed E-state index contributed by atoms with van der Waals surface area (Å²) >= 11 is 0. The van der Waals surface area contributed by atoms with E-state index in [-0.39, 0.29) is 5.75 Å². The molecule has 0 aliphatic heterocycles. The molecule has 17 heavy (non-hydrogen) atoms. The zero-order chi connectivity index (χ0) is 12.9. The van der Waals surface area contributed by atoms with Crippen molar-refractivity contribution in [2.24, 2.45) is 0 Å². The van der Waals surface area contributed by atoms with Crippen LogP contribution in [0.3, 0.4) is 0 Å². The van der Waals surface area contributed by atoms with Crippen LogP contribution in [-0.4, -0.2) is 17.2 Å². The fraction of sp³-hybridized carbons (Fsp3) is 0.417. The molecule has 0 amide bonds. The van der Waals surface area contributed by atoms with Gasteiger partial charge in [0.1, 0.15) is 5.75 Å². The molecule has 0 saturated carbocycles. The second kappa shape index (κ2) is 5.61. The minimum absolute atomic E-state index is 0.155. The van der Waals surface area contributed by atoms with Crippen molar-refractivity contribution in [3.8, 4) is 5.75 Å². The number of benzene rings is 1. The summed E-state index contributed by atoms with van der Waals surface area (Å²) in [5, 5.41) is 8.20. The smallest absolute Gasteiger partial charge is 0.474 e. The maximum absolute atomic E-state index is 12.7. The highest BCUT2D eigenvalue weighted by Crippen LogP contribution is 2.22. The molecule has 1 aromatic rings. The number of unbranched alkanes of at least 4 members (excludes halogenated alkanes) is 1. The van der Waals surface area contributed by atoms with E-state index in [0.717, 1.165) is 24.8 Å². The van der Waals surface area contributed by atoms with E-state index >= 15 is 0 Å². The number of aryl methyl sites for hydroxylation is 1. The quantitative estimate of drug-likeness (QED) is 0.836. The molecule has 0 radical (unpaired) electrons. The van der Waals surface area contributed by atoms with E-state index in [9.17, 15) is 13.6 Å². The molecule has 0 aromatic heterocycles. The molecule has 3 nitrogen and oxygen atoms in total. The number of halogens is 2. The molecule has 0 saturated heterocycles. The molecule has 94 valence electrons. The minimum Gasteiger partial charge on any atom is -0.474 e. The van der Waals surface area contributed by atoms with Crippen molar-refractivity contribution < 1.29 is 23.4 Å². The summed E-state index contributed by atoms with van der Waals surface area (Å²) in [6, 6.07) is 6.01. The first-order valence-electron chi connectivity index (χ1n) is 5.35. The third kappa shape index (κ3) is 4.01. The summed E-state index contributed by atoms with van der Waals surface area (Å²) in [6.07, 6.45) is -1.25. The Morgan fingerprint density at radius 1 is 1.35 bits per heavy atom. The lowest BCUT2D eigenvalue weighted by Crippen LogP contribution is -2.34. The van der Waals surface area contributed by atoms with E-state index in [2.05, 4.69) is 11.7 Å². The van der Waals surface area contributed by atoms with Crippen LogP contribution >= 0.6 is 0 Å². The summed E-state index contributed by atoms with van der Waals surface area (Å²) in [4.78, 5) is 10.2. The van der Waals surface area contributed by atoms with Crippen molar-refractivity contribution in [2.45, 2.75) is 32.3 Å². The van der Waals surface area contributed by atoms with Gasteiger partial charge in [0.05, 0.1) is 0 Å². The van der Waals surface area contributed by atoms with Crippen LogP contribution in [0.4, 0.5) is 8.78 Å². The van der Waals surface area contributed by atoms with Gasteiger partial charge < -0.3 is 9.84 Å². The van der Waals surface area contributed by atoms with Crippen LogP contribution in [0.25, 0.3) is 0 Å². The standard InChI is InChI=1S/C12H14F2O3/c1-2-3-4-9-5-7-10(8-6-9)17-12(13,14)11(15)16/h5-8H,2-4H2,1H3,(H,15,16). The van der Waals surface area contributed by atoms with Crippen molar-refractivity contribution in [1.29, 1.82) is 0 Å². The molecule has 0 aliphatic carbocycles. The van der Waals surface area contributed by atoms with Crippen molar-refractivity contribution in [3.63, 3.8) is 0 Å². The molecule has 1 N–H and O–H groups in total. The third-order valence-electron chi connectivity index (χ3n) is 2.24. The summed E-state index contributed by atoms with van der Waals surface area (Å²) in [7, 11) is 0. The van der Waals surface area contributed by atoms with Crippen LogP contribution in [0, 0.1) is 0 Å². The Bertz CT molecular complexity index is 374. The predicted molar refractivity (Wildman–Crippen MR) is 58.3 cm³/mol. The number of alkyl halides is 2. The second-order valence-corrected chi connectivity index (χ2v) is 3.67. The van der Waals surface area contributed by atoms with Crippen molar-refractivity contribution in [1.82, 2.24) is 0 Å². The Hall–Kier alpha value is -1.65. The van der Waals surface area contributed by atoms with Gasteiger partial charge in [0, 0.05) is 0 Å². The van der Waals surface area contributed by atoms with Crippen LogP contribution in [-0.2, 0) is 11.2 Å². The van der Waals surface area contributed by atoms with E-state index in [1.807, 2.05) is 0 Å². The number of hydrogen-bond acceptors (Lipinski definition) is 2. The van der Waals surface area contributed by atoms with E-state index in [1.165, 1.54) is 12.1 Å². The average molecular weight is 244 g/mol. The van der Waals surface area contributed by atoms with Crippen LogP contribution < -0.4 is 4.74 Å². The molecule has 1 rings (SSSR count). The molecule has 0 heterocycles. The number of aliphatic carboxylic acids is 1. The minimum atomic E-state index is -4.19. The van der Waals surface area contributed by atoms with E-state index in [0.29, 0.717) is 0 Å². The monoisotopic (exact) mass is 244 g/mol. The molecule has 0 atom stereocenters. The fourth-order valence-corrected chi connectivity index (χ4v) is 1.30. The molecule has 0 unspecified atom stereocenters. The van der Waals surface area contributed by atoms with Gasteiger partial charge in [-0.25, -0.2) is 4.79 Å². The molecule has 0 bridgehead atoms. The Labute approximate surface area is 98.0 Å². The van der Waals surface area contributed by atoms with Gasteiger partial charge in [-0.2, -0.15) is 8.78 Å². The molecular formula is C12H14F2O3. The van der Waals surface area contributed by atoms with Gasteiger partial charge in [-0.05, 0) is 30.5 Å². The molecule has 0 fully saturated rings. The first-order chi connectivity index (χ1) is 7.95. The van der Waals surface area contributed by atoms with Crippen molar-refractivity contribution >= 4 is 5.97 Å². The maximum atomic E-state index is 12.7. The van der Waals surface area contributed by atoms with Crippen molar-refractivity contribution in [2.75, 3.05) is 0 Å². The molecular weight excluding hydrogens is 230 g/mol. The SMILES string of the molecule is CCCCc1ccc(OC(F)(F)C(=O)O)cc1. The van der Waals surface area contributed by atoms with Gasteiger partial charge in [-0.15, -0.1) is 0 Å². The van der Waals surface area contributed by atoms with Crippen LogP contribution in [0.2, 0.25) is 0 Å². The van der Waals surface area contributed by atoms with Crippen LogP contribution in [0.15, 0.2) is 24.3 Å². The summed E-state index contributed by atoms with van der Waals surface area (Å²) < 4.78 is 29.5. The zero-order valence-electron chi connectivity index (χ0n) is 9.45. The Balaban J connectivity index is 2.65. The van der Waals surface area contributed by atoms with Gasteiger partial charge in [0.25, 0.3) is 0 Å². The van der Waals surface area contributed by atoms with Gasteiger partial charge in [0.15, 0.2) is 0 Å². The average Bonchev–Trinajstić information content (AvgIpc) is 2.27. The fourth-order valence-electron chi connectivity index (χ4n) is 1.30. The maximum Gasteiger partial charge on any atom is 0.501 e.